The fraction of sp³-hybridized carbons (Fsp3) is 0.294. The van der Waals surface area contributed by atoms with Crippen molar-refractivity contribution in [1.82, 2.24) is 0 Å². The van der Waals surface area contributed by atoms with Gasteiger partial charge in [0.2, 0.25) is 0 Å². The third-order valence-corrected chi connectivity index (χ3v) is 3.60. The summed E-state index contributed by atoms with van der Waals surface area (Å²) in [5.74, 6) is 0.407. The van der Waals surface area contributed by atoms with Crippen LogP contribution in [0.4, 0.5) is 0 Å². The highest BCUT2D eigenvalue weighted by Gasteiger charge is 2.09. The first-order valence-electron chi connectivity index (χ1n) is 6.34. The minimum Gasteiger partial charge on any atom is -0.507 e. The van der Waals surface area contributed by atoms with E-state index in [1.165, 1.54) is 16.7 Å². The Morgan fingerprint density at radius 2 is 1.67 bits per heavy atom. The van der Waals surface area contributed by atoms with Crippen LogP contribution < -0.4 is 0 Å². The molecule has 0 aliphatic carbocycles. The summed E-state index contributed by atoms with van der Waals surface area (Å²) in [6, 6.07) is 10.2. The molecule has 0 saturated carbocycles. The van der Waals surface area contributed by atoms with Crippen LogP contribution in [0.15, 0.2) is 41.5 Å². The Hall–Kier alpha value is -1.76. The lowest BCUT2D eigenvalue weighted by Crippen LogP contribution is -1.93. The van der Waals surface area contributed by atoms with E-state index in [2.05, 4.69) is 32.9 Å². The van der Waals surface area contributed by atoms with Gasteiger partial charge in [-0.2, -0.15) is 0 Å². The molecule has 2 aromatic carbocycles. The first kappa shape index (κ1) is 12.7. The Labute approximate surface area is 109 Å². The molecular formula is C17H20O. The summed E-state index contributed by atoms with van der Waals surface area (Å²) in [6.45, 7) is 8.42. The maximum Gasteiger partial charge on any atom is 0.126 e. The van der Waals surface area contributed by atoms with Crippen LogP contribution in [-0.2, 0) is 6.42 Å². The predicted molar refractivity (Wildman–Crippen MR) is 78.1 cm³/mol. The molecule has 1 N–H and O–H groups in total. The summed E-state index contributed by atoms with van der Waals surface area (Å²) in [4.78, 5) is 0. The van der Waals surface area contributed by atoms with Crippen LogP contribution in [-0.4, -0.2) is 5.11 Å². The smallest absolute Gasteiger partial charge is 0.126 e. The normalized spacial score (nSPS) is 10.7. The van der Waals surface area contributed by atoms with E-state index in [1.807, 2.05) is 25.1 Å². The van der Waals surface area contributed by atoms with Gasteiger partial charge in [-0.25, -0.2) is 0 Å². The zero-order valence-electron chi connectivity index (χ0n) is 11.5. The summed E-state index contributed by atoms with van der Waals surface area (Å²) < 4.78 is 0. The van der Waals surface area contributed by atoms with Crippen LogP contribution in [0.3, 0.4) is 0 Å². The number of phenols is 1. The molecule has 0 bridgehead atoms. The van der Waals surface area contributed by atoms with Crippen LogP contribution in [0.5, 0.6) is 5.75 Å². The average molecular weight is 240 g/mol. The third kappa shape index (κ3) is 2.26. The molecule has 0 atom stereocenters. The Bertz CT molecular complexity index is 617. The number of fused-ring (bicyclic) bond motifs is 1. The van der Waals surface area contributed by atoms with Crippen LogP contribution in [0, 0.1) is 6.92 Å². The maximum atomic E-state index is 10.1. The highest BCUT2D eigenvalue weighted by molar-refractivity contribution is 5.92. The van der Waals surface area contributed by atoms with Crippen molar-refractivity contribution in [3.63, 3.8) is 0 Å². The van der Waals surface area contributed by atoms with E-state index in [1.54, 1.807) is 0 Å². The Morgan fingerprint density at radius 3 is 2.28 bits per heavy atom. The van der Waals surface area contributed by atoms with E-state index in [0.717, 1.165) is 22.8 Å². The average Bonchev–Trinajstić information content (AvgIpc) is 2.35. The minimum atomic E-state index is 0.407. The van der Waals surface area contributed by atoms with E-state index >= 15 is 0 Å². The van der Waals surface area contributed by atoms with Crippen molar-refractivity contribution in [1.29, 1.82) is 0 Å². The standard InChI is InChI=1S/C17H20O/c1-11(2)12(3)9-14-10-13(4)17(18)16-8-6-5-7-15(14)16/h5-8,10,18H,9H2,1-4H3. The summed E-state index contributed by atoms with van der Waals surface area (Å²) >= 11 is 0. The van der Waals surface area contributed by atoms with Crippen molar-refractivity contribution in [3.8, 4) is 5.75 Å². The second kappa shape index (κ2) is 4.85. The Balaban J connectivity index is 2.65. The highest BCUT2D eigenvalue weighted by atomic mass is 16.3. The summed E-state index contributed by atoms with van der Waals surface area (Å²) in [6.07, 6.45) is 0.948. The summed E-state index contributed by atoms with van der Waals surface area (Å²) in [7, 11) is 0. The van der Waals surface area contributed by atoms with Crippen molar-refractivity contribution in [2.45, 2.75) is 34.1 Å². The largest absolute Gasteiger partial charge is 0.507 e. The molecule has 1 nitrogen and oxygen atoms in total. The monoisotopic (exact) mass is 240 g/mol. The number of rotatable bonds is 2. The molecule has 94 valence electrons. The fourth-order valence-electron chi connectivity index (χ4n) is 2.20. The van der Waals surface area contributed by atoms with Gasteiger partial charge in [-0.3, -0.25) is 0 Å². The lowest BCUT2D eigenvalue weighted by Gasteiger charge is -2.12. The number of phenolic OH excluding ortho intramolecular Hbond substituents is 1. The number of allylic oxidation sites excluding steroid dienone is 2. The molecule has 2 aromatic rings. The van der Waals surface area contributed by atoms with Gasteiger partial charge in [0.05, 0.1) is 0 Å². The molecule has 0 aromatic heterocycles. The van der Waals surface area contributed by atoms with E-state index < -0.39 is 0 Å². The van der Waals surface area contributed by atoms with Crippen LogP contribution >= 0.6 is 0 Å². The molecule has 0 radical (unpaired) electrons. The molecule has 0 spiro atoms. The topological polar surface area (TPSA) is 20.2 Å². The molecule has 0 amide bonds. The quantitative estimate of drug-likeness (QED) is 0.751. The molecule has 0 heterocycles. The number of benzene rings is 2. The van der Waals surface area contributed by atoms with Gasteiger partial charge in [0.25, 0.3) is 0 Å². The van der Waals surface area contributed by atoms with Crippen LogP contribution in [0.1, 0.15) is 31.9 Å². The first-order valence-corrected chi connectivity index (χ1v) is 6.34. The fourth-order valence-corrected chi connectivity index (χ4v) is 2.20. The van der Waals surface area contributed by atoms with Crippen molar-refractivity contribution in [3.05, 3.63) is 52.6 Å². The zero-order valence-corrected chi connectivity index (χ0v) is 11.5. The molecule has 0 saturated heterocycles. The number of aryl methyl sites for hydroxylation is 1. The summed E-state index contributed by atoms with van der Waals surface area (Å²) in [5, 5.41) is 12.2. The molecule has 2 rings (SSSR count). The predicted octanol–water partition coefficient (Wildman–Crippen LogP) is 4.75. The van der Waals surface area contributed by atoms with Gasteiger partial charge >= 0.3 is 0 Å². The van der Waals surface area contributed by atoms with Gasteiger partial charge in [-0.15, -0.1) is 0 Å². The number of hydrogen-bond acceptors (Lipinski definition) is 1. The Morgan fingerprint density at radius 1 is 1.06 bits per heavy atom. The van der Waals surface area contributed by atoms with Crippen molar-refractivity contribution in [2.24, 2.45) is 0 Å². The number of hydrogen-bond donors (Lipinski definition) is 1. The van der Waals surface area contributed by atoms with E-state index in [4.69, 9.17) is 0 Å². The molecule has 1 heteroatoms. The van der Waals surface area contributed by atoms with E-state index in [0.29, 0.717) is 5.75 Å². The van der Waals surface area contributed by atoms with Crippen molar-refractivity contribution in [2.75, 3.05) is 0 Å². The third-order valence-electron chi connectivity index (χ3n) is 3.60. The molecular weight excluding hydrogens is 220 g/mol. The maximum absolute atomic E-state index is 10.1. The van der Waals surface area contributed by atoms with Gasteiger partial charge in [-0.1, -0.05) is 41.5 Å². The molecule has 18 heavy (non-hydrogen) atoms. The number of aromatic hydroxyl groups is 1. The van der Waals surface area contributed by atoms with Crippen molar-refractivity contribution >= 4 is 10.8 Å². The lowest BCUT2D eigenvalue weighted by molar-refractivity contribution is 0.477. The van der Waals surface area contributed by atoms with Gasteiger partial charge in [-0.05, 0) is 50.6 Å². The first-order chi connectivity index (χ1) is 8.50. The van der Waals surface area contributed by atoms with Gasteiger partial charge in [0, 0.05) is 5.39 Å². The van der Waals surface area contributed by atoms with Gasteiger partial charge < -0.3 is 5.11 Å². The van der Waals surface area contributed by atoms with Crippen LogP contribution in [0.2, 0.25) is 0 Å². The van der Waals surface area contributed by atoms with Gasteiger partial charge in [0.1, 0.15) is 5.75 Å². The van der Waals surface area contributed by atoms with Crippen LogP contribution in [0.25, 0.3) is 10.8 Å². The van der Waals surface area contributed by atoms with Gasteiger partial charge in [0.15, 0.2) is 0 Å². The molecule has 0 fully saturated rings. The molecule has 0 aliphatic heterocycles. The SMILES string of the molecule is CC(C)=C(C)Cc1cc(C)c(O)c2ccccc12. The lowest BCUT2D eigenvalue weighted by atomic mass is 9.94. The molecule has 0 unspecified atom stereocenters. The molecule has 0 aliphatic rings. The minimum absolute atomic E-state index is 0.407. The van der Waals surface area contributed by atoms with Crippen molar-refractivity contribution < 1.29 is 5.11 Å². The highest BCUT2D eigenvalue weighted by Crippen LogP contribution is 2.32. The second-order valence-corrected chi connectivity index (χ2v) is 5.20. The van der Waals surface area contributed by atoms with E-state index in [9.17, 15) is 5.11 Å². The second-order valence-electron chi connectivity index (χ2n) is 5.20. The van der Waals surface area contributed by atoms with E-state index in [-0.39, 0.29) is 0 Å². The summed E-state index contributed by atoms with van der Waals surface area (Å²) in [5.41, 5.74) is 5.00. The Kier molecular flexibility index (Phi) is 3.42. The zero-order chi connectivity index (χ0) is 13.3.